The van der Waals surface area contributed by atoms with Gasteiger partial charge in [0.15, 0.2) is 0 Å². The fraction of sp³-hybridized carbons (Fsp3) is 0.375. The van der Waals surface area contributed by atoms with Crippen LogP contribution < -0.4 is 16.4 Å². The molecule has 0 atom stereocenters. The number of rotatable bonds is 5. The third kappa shape index (κ3) is 6.11. The van der Waals surface area contributed by atoms with Crippen molar-refractivity contribution in [1.82, 2.24) is 10.6 Å². The van der Waals surface area contributed by atoms with Crippen LogP contribution in [0.1, 0.15) is 31.9 Å². The van der Waals surface area contributed by atoms with Gasteiger partial charge in [0, 0.05) is 24.8 Å². The van der Waals surface area contributed by atoms with Crippen LogP contribution in [0.15, 0.2) is 36.0 Å². The van der Waals surface area contributed by atoms with Crippen LogP contribution in [0.3, 0.4) is 0 Å². The SMILES string of the molecule is CC(C)(C)NC(=O)/C(C#N)=C\NCc1cccc(CN)c1. The third-order valence-electron chi connectivity index (χ3n) is 2.63. The molecule has 0 saturated heterocycles. The van der Waals surface area contributed by atoms with E-state index in [1.807, 2.05) is 51.1 Å². The zero-order valence-corrected chi connectivity index (χ0v) is 12.7. The van der Waals surface area contributed by atoms with Crippen molar-refractivity contribution in [3.63, 3.8) is 0 Å². The minimum atomic E-state index is -0.381. The lowest BCUT2D eigenvalue weighted by Gasteiger charge is -2.20. The Labute approximate surface area is 125 Å². The van der Waals surface area contributed by atoms with Crippen LogP contribution in [-0.4, -0.2) is 11.4 Å². The van der Waals surface area contributed by atoms with Crippen molar-refractivity contribution in [2.45, 2.75) is 39.4 Å². The maximum absolute atomic E-state index is 11.9. The molecule has 0 unspecified atom stereocenters. The van der Waals surface area contributed by atoms with Gasteiger partial charge in [-0.1, -0.05) is 24.3 Å². The van der Waals surface area contributed by atoms with Crippen molar-refractivity contribution in [3.05, 3.63) is 47.2 Å². The largest absolute Gasteiger partial charge is 0.386 e. The Balaban J connectivity index is 2.65. The quantitative estimate of drug-likeness (QED) is 0.566. The van der Waals surface area contributed by atoms with Crippen LogP contribution >= 0.6 is 0 Å². The molecule has 0 bridgehead atoms. The fourth-order valence-electron chi connectivity index (χ4n) is 1.69. The van der Waals surface area contributed by atoms with Gasteiger partial charge in [0.2, 0.25) is 0 Å². The molecular formula is C16H22N4O. The molecule has 0 fully saturated rings. The molecule has 1 rings (SSSR count). The molecule has 21 heavy (non-hydrogen) atoms. The van der Waals surface area contributed by atoms with Gasteiger partial charge in [-0.05, 0) is 31.9 Å². The molecule has 1 amide bonds. The summed E-state index contributed by atoms with van der Waals surface area (Å²) in [5.41, 5.74) is 7.36. The normalized spacial score (nSPS) is 11.7. The van der Waals surface area contributed by atoms with E-state index in [9.17, 15) is 4.79 Å². The summed E-state index contributed by atoms with van der Waals surface area (Å²) in [7, 11) is 0. The standard InChI is InChI=1S/C16H22N4O/c1-16(2,3)20-15(21)14(9-18)11-19-10-13-6-4-5-12(7-13)8-17/h4-7,11,19H,8,10,17H2,1-3H3,(H,20,21)/b14-11-. The van der Waals surface area contributed by atoms with Crippen LogP contribution in [0, 0.1) is 11.3 Å². The molecule has 0 heterocycles. The highest BCUT2D eigenvalue weighted by molar-refractivity contribution is 5.97. The highest BCUT2D eigenvalue weighted by atomic mass is 16.1. The van der Waals surface area contributed by atoms with Crippen LogP contribution in [0.25, 0.3) is 0 Å². The Morgan fingerprint density at radius 3 is 2.62 bits per heavy atom. The average molecular weight is 286 g/mol. The Kier molecular flexibility index (Phi) is 5.94. The number of nitrogens with zero attached hydrogens (tertiary/aromatic N) is 1. The van der Waals surface area contributed by atoms with Crippen LogP contribution in [0.4, 0.5) is 0 Å². The molecule has 5 heteroatoms. The predicted molar refractivity (Wildman–Crippen MR) is 82.8 cm³/mol. The molecule has 0 aliphatic heterocycles. The number of nitriles is 1. The zero-order valence-electron chi connectivity index (χ0n) is 12.7. The molecule has 0 radical (unpaired) electrons. The number of carbonyl (C=O) groups is 1. The Hall–Kier alpha value is -2.32. The molecule has 0 saturated carbocycles. The van der Waals surface area contributed by atoms with E-state index in [1.165, 1.54) is 6.20 Å². The van der Waals surface area contributed by atoms with Gasteiger partial charge in [-0.15, -0.1) is 0 Å². The van der Waals surface area contributed by atoms with Gasteiger partial charge in [0.05, 0.1) is 0 Å². The van der Waals surface area contributed by atoms with Crippen molar-refractivity contribution in [2.75, 3.05) is 0 Å². The lowest BCUT2D eigenvalue weighted by atomic mass is 10.1. The van der Waals surface area contributed by atoms with Crippen molar-refractivity contribution in [3.8, 4) is 6.07 Å². The van der Waals surface area contributed by atoms with E-state index in [0.717, 1.165) is 11.1 Å². The van der Waals surface area contributed by atoms with Gasteiger partial charge in [0.25, 0.3) is 5.91 Å². The van der Waals surface area contributed by atoms with Gasteiger partial charge in [-0.2, -0.15) is 5.26 Å². The second kappa shape index (κ2) is 7.46. The number of carbonyl (C=O) groups excluding carboxylic acids is 1. The van der Waals surface area contributed by atoms with Gasteiger partial charge < -0.3 is 16.4 Å². The molecule has 0 spiro atoms. The molecule has 5 nitrogen and oxygen atoms in total. The number of benzene rings is 1. The van der Waals surface area contributed by atoms with E-state index in [4.69, 9.17) is 11.0 Å². The summed E-state index contributed by atoms with van der Waals surface area (Å²) in [5, 5.41) is 14.8. The number of nitrogens with one attached hydrogen (secondary N) is 2. The van der Waals surface area contributed by atoms with Gasteiger partial charge in [-0.25, -0.2) is 0 Å². The maximum atomic E-state index is 11.9. The summed E-state index contributed by atoms with van der Waals surface area (Å²) < 4.78 is 0. The molecule has 112 valence electrons. The van der Waals surface area contributed by atoms with E-state index in [2.05, 4.69) is 10.6 Å². The summed E-state index contributed by atoms with van der Waals surface area (Å²) in [6.45, 7) is 6.62. The Morgan fingerprint density at radius 2 is 2.05 bits per heavy atom. The Morgan fingerprint density at radius 1 is 1.38 bits per heavy atom. The van der Waals surface area contributed by atoms with Crippen molar-refractivity contribution in [2.24, 2.45) is 5.73 Å². The van der Waals surface area contributed by atoms with E-state index >= 15 is 0 Å². The minimum absolute atomic E-state index is 0.0555. The molecule has 4 N–H and O–H groups in total. The van der Waals surface area contributed by atoms with Crippen LogP contribution in [-0.2, 0) is 17.9 Å². The highest BCUT2D eigenvalue weighted by Crippen LogP contribution is 2.05. The molecule has 0 aromatic heterocycles. The molecule has 0 aliphatic carbocycles. The number of nitrogens with two attached hydrogens (primary N) is 1. The first-order valence-corrected chi connectivity index (χ1v) is 6.80. The number of hydrogen-bond donors (Lipinski definition) is 3. The highest BCUT2D eigenvalue weighted by Gasteiger charge is 2.16. The molecule has 0 aliphatic rings. The lowest BCUT2D eigenvalue weighted by molar-refractivity contribution is -0.118. The monoisotopic (exact) mass is 286 g/mol. The molecular weight excluding hydrogens is 264 g/mol. The summed E-state index contributed by atoms with van der Waals surface area (Å²) in [6.07, 6.45) is 1.44. The summed E-state index contributed by atoms with van der Waals surface area (Å²) >= 11 is 0. The smallest absolute Gasteiger partial charge is 0.263 e. The Bertz CT molecular complexity index is 564. The van der Waals surface area contributed by atoms with E-state index in [-0.39, 0.29) is 17.0 Å². The molecule has 1 aromatic rings. The van der Waals surface area contributed by atoms with Crippen molar-refractivity contribution < 1.29 is 4.79 Å². The first-order valence-electron chi connectivity index (χ1n) is 6.80. The predicted octanol–water partition coefficient (Wildman–Crippen LogP) is 1.56. The molecule has 1 aromatic carbocycles. The van der Waals surface area contributed by atoms with E-state index < -0.39 is 0 Å². The summed E-state index contributed by atoms with van der Waals surface area (Å²) in [6, 6.07) is 9.73. The topological polar surface area (TPSA) is 90.9 Å². The zero-order chi connectivity index (χ0) is 15.9. The number of hydrogen-bond acceptors (Lipinski definition) is 4. The third-order valence-corrected chi connectivity index (χ3v) is 2.63. The minimum Gasteiger partial charge on any atom is -0.386 e. The first-order chi connectivity index (χ1) is 9.85. The van der Waals surface area contributed by atoms with Crippen molar-refractivity contribution >= 4 is 5.91 Å². The average Bonchev–Trinajstić information content (AvgIpc) is 2.42. The van der Waals surface area contributed by atoms with Gasteiger partial charge >= 0.3 is 0 Å². The fourth-order valence-corrected chi connectivity index (χ4v) is 1.69. The van der Waals surface area contributed by atoms with Crippen molar-refractivity contribution in [1.29, 1.82) is 5.26 Å². The van der Waals surface area contributed by atoms with Gasteiger partial charge in [0.1, 0.15) is 11.6 Å². The first kappa shape index (κ1) is 16.7. The number of amides is 1. The second-order valence-electron chi connectivity index (χ2n) is 5.78. The second-order valence-corrected chi connectivity index (χ2v) is 5.78. The summed E-state index contributed by atoms with van der Waals surface area (Å²) in [4.78, 5) is 11.9. The van der Waals surface area contributed by atoms with Gasteiger partial charge in [-0.3, -0.25) is 4.79 Å². The van der Waals surface area contributed by atoms with E-state index in [0.29, 0.717) is 13.1 Å². The van der Waals surface area contributed by atoms with Crippen LogP contribution in [0.2, 0.25) is 0 Å². The van der Waals surface area contributed by atoms with Crippen LogP contribution in [0.5, 0.6) is 0 Å². The maximum Gasteiger partial charge on any atom is 0.263 e. The lowest BCUT2D eigenvalue weighted by Crippen LogP contribution is -2.41. The summed E-state index contributed by atoms with van der Waals surface area (Å²) in [5.74, 6) is -0.381. The van der Waals surface area contributed by atoms with E-state index in [1.54, 1.807) is 0 Å².